The highest BCUT2D eigenvalue weighted by molar-refractivity contribution is 9.10. The molecule has 0 unspecified atom stereocenters. The van der Waals surface area contributed by atoms with E-state index in [-0.39, 0.29) is 5.56 Å². The molecule has 0 saturated carbocycles. The standard InChI is InChI=1S/C14H10Br2N2O3/c15-8-2-3-9(13(17)19)12(6-8)18-11-4-1-7(14(20)21)5-10(11)16/h1-6,18H,(H2,17,19)(H,20,21). The number of nitrogens with one attached hydrogen (secondary N) is 1. The van der Waals surface area contributed by atoms with E-state index in [2.05, 4.69) is 37.2 Å². The Morgan fingerprint density at radius 1 is 1.05 bits per heavy atom. The van der Waals surface area contributed by atoms with Crippen LogP contribution in [0, 0.1) is 0 Å². The van der Waals surface area contributed by atoms with Crippen LogP contribution < -0.4 is 11.1 Å². The van der Waals surface area contributed by atoms with Gasteiger partial charge in [-0.15, -0.1) is 0 Å². The molecule has 1 amide bonds. The zero-order valence-corrected chi connectivity index (χ0v) is 13.7. The van der Waals surface area contributed by atoms with Gasteiger partial charge in [0.1, 0.15) is 0 Å². The van der Waals surface area contributed by atoms with Crippen LogP contribution in [0.25, 0.3) is 0 Å². The van der Waals surface area contributed by atoms with Crippen LogP contribution in [-0.4, -0.2) is 17.0 Å². The summed E-state index contributed by atoms with van der Waals surface area (Å²) in [5, 5.41) is 12.0. The topological polar surface area (TPSA) is 92.4 Å². The predicted octanol–water partition coefficient (Wildman–Crippen LogP) is 3.75. The quantitative estimate of drug-likeness (QED) is 0.711. The number of hydrogen-bond donors (Lipinski definition) is 3. The molecule has 0 aliphatic rings. The summed E-state index contributed by atoms with van der Waals surface area (Å²) in [7, 11) is 0. The van der Waals surface area contributed by atoms with Crippen LogP contribution in [0.2, 0.25) is 0 Å². The number of carbonyl (C=O) groups excluding carboxylic acids is 1. The molecule has 0 spiro atoms. The monoisotopic (exact) mass is 412 g/mol. The number of rotatable bonds is 4. The fraction of sp³-hybridized carbons (Fsp3) is 0. The number of anilines is 2. The van der Waals surface area contributed by atoms with E-state index in [1.807, 2.05) is 0 Å². The van der Waals surface area contributed by atoms with E-state index < -0.39 is 11.9 Å². The van der Waals surface area contributed by atoms with E-state index >= 15 is 0 Å². The Kier molecular flexibility index (Phi) is 4.64. The van der Waals surface area contributed by atoms with Gasteiger partial charge in [0.25, 0.3) is 5.91 Å². The zero-order chi connectivity index (χ0) is 15.6. The Morgan fingerprint density at radius 2 is 1.76 bits per heavy atom. The van der Waals surface area contributed by atoms with Crippen LogP contribution >= 0.6 is 31.9 Å². The minimum atomic E-state index is -1.01. The summed E-state index contributed by atoms with van der Waals surface area (Å²) in [6, 6.07) is 9.60. The van der Waals surface area contributed by atoms with Crippen LogP contribution in [0.5, 0.6) is 0 Å². The Morgan fingerprint density at radius 3 is 2.33 bits per heavy atom. The lowest BCUT2D eigenvalue weighted by molar-refractivity contribution is 0.0696. The smallest absolute Gasteiger partial charge is 0.335 e. The van der Waals surface area contributed by atoms with Crippen molar-refractivity contribution in [3.63, 3.8) is 0 Å². The number of carboxylic acid groups (broad SMARTS) is 1. The molecule has 4 N–H and O–H groups in total. The third kappa shape index (κ3) is 3.62. The molecule has 2 aromatic carbocycles. The fourth-order valence-electron chi connectivity index (χ4n) is 1.73. The van der Waals surface area contributed by atoms with Gasteiger partial charge in [-0.2, -0.15) is 0 Å². The van der Waals surface area contributed by atoms with Crippen molar-refractivity contribution in [2.75, 3.05) is 5.32 Å². The number of hydrogen-bond acceptors (Lipinski definition) is 3. The Bertz CT molecular complexity index is 732. The number of halogens is 2. The summed E-state index contributed by atoms with van der Waals surface area (Å²) in [4.78, 5) is 22.3. The van der Waals surface area contributed by atoms with Crippen molar-refractivity contribution in [1.82, 2.24) is 0 Å². The van der Waals surface area contributed by atoms with Crippen LogP contribution in [-0.2, 0) is 0 Å². The molecule has 108 valence electrons. The van der Waals surface area contributed by atoms with Crippen molar-refractivity contribution in [1.29, 1.82) is 0 Å². The third-order valence-corrected chi connectivity index (χ3v) is 3.88. The van der Waals surface area contributed by atoms with Crippen molar-refractivity contribution >= 4 is 55.1 Å². The van der Waals surface area contributed by atoms with Gasteiger partial charge in [0, 0.05) is 8.95 Å². The van der Waals surface area contributed by atoms with Crippen molar-refractivity contribution in [2.24, 2.45) is 5.73 Å². The summed E-state index contributed by atoms with van der Waals surface area (Å²) in [5.41, 5.74) is 6.99. The first-order chi connectivity index (χ1) is 9.88. The van der Waals surface area contributed by atoms with E-state index in [0.717, 1.165) is 4.47 Å². The Hall–Kier alpha value is -1.86. The first kappa shape index (κ1) is 15.5. The molecular formula is C14H10Br2N2O3. The molecule has 2 rings (SSSR count). The van der Waals surface area contributed by atoms with Crippen LogP contribution in [0.4, 0.5) is 11.4 Å². The maximum atomic E-state index is 11.4. The molecule has 7 heteroatoms. The van der Waals surface area contributed by atoms with E-state index in [1.165, 1.54) is 12.1 Å². The summed E-state index contributed by atoms with van der Waals surface area (Å²) >= 11 is 6.63. The molecule has 0 heterocycles. The second-order valence-electron chi connectivity index (χ2n) is 4.18. The average molecular weight is 414 g/mol. The summed E-state index contributed by atoms with van der Waals surface area (Å²) in [5.74, 6) is -1.56. The predicted molar refractivity (Wildman–Crippen MR) is 87.0 cm³/mol. The molecule has 21 heavy (non-hydrogen) atoms. The van der Waals surface area contributed by atoms with Crippen molar-refractivity contribution < 1.29 is 14.7 Å². The van der Waals surface area contributed by atoms with E-state index in [1.54, 1.807) is 24.3 Å². The minimum Gasteiger partial charge on any atom is -0.478 e. The van der Waals surface area contributed by atoms with E-state index in [4.69, 9.17) is 10.8 Å². The molecule has 0 aliphatic heterocycles. The number of nitrogens with two attached hydrogens (primary N) is 1. The molecule has 0 aromatic heterocycles. The SMILES string of the molecule is NC(=O)c1ccc(Br)cc1Nc1ccc(C(=O)O)cc1Br. The van der Waals surface area contributed by atoms with Gasteiger partial charge in [0.05, 0.1) is 22.5 Å². The van der Waals surface area contributed by atoms with Crippen LogP contribution in [0.1, 0.15) is 20.7 Å². The maximum absolute atomic E-state index is 11.4. The lowest BCUT2D eigenvalue weighted by Crippen LogP contribution is -2.13. The average Bonchev–Trinajstić information content (AvgIpc) is 2.40. The molecule has 0 fully saturated rings. The summed E-state index contributed by atoms with van der Waals surface area (Å²) in [6.07, 6.45) is 0. The number of benzene rings is 2. The largest absolute Gasteiger partial charge is 0.478 e. The van der Waals surface area contributed by atoms with E-state index in [0.29, 0.717) is 21.4 Å². The highest BCUT2D eigenvalue weighted by Crippen LogP contribution is 2.30. The first-order valence-corrected chi connectivity index (χ1v) is 7.36. The Labute approximate surface area is 137 Å². The molecule has 0 atom stereocenters. The van der Waals surface area contributed by atoms with Crippen molar-refractivity contribution in [3.8, 4) is 0 Å². The maximum Gasteiger partial charge on any atom is 0.335 e. The van der Waals surface area contributed by atoms with Crippen molar-refractivity contribution in [3.05, 3.63) is 56.5 Å². The fourth-order valence-corrected chi connectivity index (χ4v) is 2.57. The van der Waals surface area contributed by atoms with Gasteiger partial charge in [-0.05, 0) is 52.3 Å². The molecule has 2 aromatic rings. The van der Waals surface area contributed by atoms with Gasteiger partial charge < -0.3 is 16.2 Å². The molecule has 0 radical (unpaired) electrons. The van der Waals surface area contributed by atoms with E-state index in [9.17, 15) is 9.59 Å². The second-order valence-corrected chi connectivity index (χ2v) is 5.95. The minimum absolute atomic E-state index is 0.164. The number of carboxylic acids is 1. The van der Waals surface area contributed by atoms with Gasteiger partial charge in [-0.1, -0.05) is 15.9 Å². The molecule has 0 bridgehead atoms. The molecule has 0 aliphatic carbocycles. The Balaban J connectivity index is 2.40. The number of primary amides is 1. The highest BCUT2D eigenvalue weighted by atomic mass is 79.9. The van der Waals surface area contributed by atoms with Gasteiger partial charge in [0.15, 0.2) is 0 Å². The van der Waals surface area contributed by atoms with Gasteiger partial charge in [-0.25, -0.2) is 4.79 Å². The number of amides is 1. The van der Waals surface area contributed by atoms with Crippen LogP contribution in [0.15, 0.2) is 45.3 Å². The zero-order valence-electron chi connectivity index (χ0n) is 10.6. The molecule has 5 nitrogen and oxygen atoms in total. The highest BCUT2D eigenvalue weighted by Gasteiger charge is 2.11. The number of aromatic carboxylic acids is 1. The van der Waals surface area contributed by atoms with Gasteiger partial charge in [0.2, 0.25) is 0 Å². The molecular weight excluding hydrogens is 404 g/mol. The lowest BCUT2D eigenvalue weighted by atomic mass is 10.1. The third-order valence-electron chi connectivity index (χ3n) is 2.73. The first-order valence-electron chi connectivity index (χ1n) is 5.77. The summed E-state index contributed by atoms with van der Waals surface area (Å²) in [6.45, 7) is 0. The normalized spacial score (nSPS) is 10.2. The summed E-state index contributed by atoms with van der Waals surface area (Å²) < 4.78 is 1.35. The number of carbonyl (C=O) groups is 2. The van der Waals surface area contributed by atoms with Crippen LogP contribution in [0.3, 0.4) is 0 Å². The second kappa shape index (κ2) is 6.28. The lowest BCUT2D eigenvalue weighted by Gasteiger charge is -2.12. The van der Waals surface area contributed by atoms with Crippen molar-refractivity contribution in [2.45, 2.75) is 0 Å². The molecule has 0 saturated heterocycles. The van der Waals surface area contributed by atoms with Gasteiger partial charge >= 0.3 is 5.97 Å². The van der Waals surface area contributed by atoms with Gasteiger partial charge in [-0.3, -0.25) is 4.79 Å².